The first-order chi connectivity index (χ1) is 13.6. The van der Waals surface area contributed by atoms with Gasteiger partial charge in [-0.25, -0.2) is 4.98 Å². The summed E-state index contributed by atoms with van der Waals surface area (Å²) in [4.78, 5) is 23.0. The topological polar surface area (TPSA) is 103 Å². The van der Waals surface area contributed by atoms with Gasteiger partial charge in [0.25, 0.3) is 5.91 Å². The van der Waals surface area contributed by atoms with Crippen molar-refractivity contribution in [3.05, 3.63) is 36.0 Å². The van der Waals surface area contributed by atoms with Gasteiger partial charge in [-0.2, -0.15) is 4.98 Å². The number of aromatic nitrogens is 2. The fraction of sp³-hybridized carbons (Fsp3) is 0.450. The van der Waals surface area contributed by atoms with Gasteiger partial charge < -0.3 is 25.4 Å². The van der Waals surface area contributed by atoms with Crippen LogP contribution in [0, 0.1) is 0 Å². The van der Waals surface area contributed by atoms with Gasteiger partial charge in [0, 0.05) is 44.2 Å². The Morgan fingerprint density at radius 2 is 2.00 bits per heavy atom. The second-order valence-electron chi connectivity index (χ2n) is 7.19. The van der Waals surface area contributed by atoms with E-state index in [1.165, 1.54) is 0 Å². The highest BCUT2D eigenvalue weighted by molar-refractivity contribution is 5.97. The molecule has 1 amide bonds. The molecule has 1 saturated heterocycles. The zero-order chi connectivity index (χ0) is 19.5. The number of nitrogens with two attached hydrogens (primary N) is 1. The molecular formula is C20H25N5O3. The van der Waals surface area contributed by atoms with Crippen LogP contribution in [-0.2, 0) is 0 Å². The standard InChI is InChI=1S/C20H25N5O3/c1-27-15-4-5-16(19(26)23-13-2-3-13)17(12-15)28-14-7-10-25(11-8-14)18-6-9-22-20(21)24-18/h4-6,9,12-14H,2-3,7-8,10-11H2,1H3,(H,23,26)(H2,21,22,24). The Labute approximate surface area is 164 Å². The summed E-state index contributed by atoms with van der Waals surface area (Å²) in [6, 6.07) is 7.51. The van der Waals surface area contributed by atoms with Crippen molar-refractivity contribution in [2.75, 3.05) is 30.8 Å². The molecule has 1 saturated carbocycles. The van der Waals surface area contributed by atoms with Crippen LogP contribution >= 0.6 is 0 Å². The molecule has 4 rings (SSSR count). The van der Waals surface area contributed by atoms with Crippen molar-refractivity contribution in [1.82, 2.24) is 15.3 Å². The number of ether oxygens (including phenoxy) is 2. The number of hydrogen-bond acceptors (Lipinski definition) is 7. The lowest BCUT2D eigenvalue weighted by molar-refractivity contribution is 0.0941. The maximum absolute atomic E-state index is 12.6. The summed E-state index contributed by atoms with van der Waals surface area (Å²) in [5.41, 5.74) is 6.24. The molecule has 1 aromatic carbocycles. The first kappa shape index (κ1) is 18.3. The quantitative estimate of drug-likeness (QED) is 0.786. The van der Waals surface area contributed by atoms with E-state index < -0.39 is 0 Å². The number of carbonyl (C=O) groups excluding carboxylic acids is 1. The summed E-state index contributed by atoms with van der Waals surface area (Å²) in [5.74, 6) is 2.26. The van der Waals surface area contributed by atoms with Crippen molar-refractivity contribution in [1.29, 1.82) is 0 Å². The third-order valence-corrected chi connectivity index (χ3v) is 5.07. The zero-order valence-corrected chi connectivity index (χ0v) is 15.9. The van der Waals surface area contributed by atoms with Crippen molar-refractivity contribution in [2.45, 2.75) is 37.8 Å². The molecule has 2 aromatic rings. The molecule has 1 aromatic heterocycles. The number of nitrogens with one attached hydrogen (secondary N) is 1. The summed E-state index contributed by atoms with van der Waals surface area (Å²) < 4.78 is 11.5. The molecule has 2 aliphatic rings. The number of methoxy groups -OCH3 is 1. The number of benzene rings is 1. The SMILES string of the molecule is COc1ccc(C(=O)NC2CC2)c(OC2CCN(c3ccnc(N)n3)CC2)c1. The molecule has 1 aliphatic heterocycles. The monoisotopic (exact) mass is 383 g/mol. The summed E-state index contributed by atoms with van der Waals surface area (Å²) in [6.07, 6.45) is 5.43. The first-order valence-corrected chi connectivity index (χ1v) is 9.61. The zero-order valence-electron chi connectivity index (χ0n) is 15.9. The van der Waals surface area contributed by atoms with E-state index in [1.807, 2.05) is 6.07 Å². The summed E-state index contributed by atoms with van der Waals surface area (Å²) in [6.45, 7) is 1.60. The van der Waals surface area contributed by atoms with Gasteiger partial charge in [0.1, 0.15) is 23.4 Å². The number of hydrogen-bond donors (Lipinski definition) is 2. The minimum absolute atomic E-state index is 0.0232. The Morgan fingerprint density at radius 1 is 1.21 bits per heavy atom. The Balaban J connectivity index is 1.43. The lowest BCUT2D eigenvalue weighted by Gasteiger charge is -2.33. The minimum Gasteiger partial charge on any atom is -0.497 e. The fourth-order valence-corrected chi connectivity index (χ4v) is 3.33. The van der Waals surface area contributed by atoms with Gasteiger partial charge in [0.15, 0.2) is 0 Å². The van der Waals surface area contributed by atoms with E-state index in [0.717, 1.165) is 44.6 Å². The predicted molar refractivity (Wildman–Crippen MR) is 106 cm³/mol. The van der Waals surface area contributed by atoms with E-state index in [1.54, 1.807) is 31.5 Å². The molecule has 0 bridgehead atoms. The number of piperidine rings is 1. The highest BCUT2D eigenvalue weighted by atomic mass is 16.5. The van der Waals surface area contributed by atoms with E-state index in [2.05, 4.69) is 20.2 Å². The van der Waals surface area contributed by atoms with Crippen LogP contribution in [0.25, 0.3) is 0 Å². The Kier molecular flexibility index (Phi) is 5.18. The highest BCUT2D eigenvalue weighted by Gasteiger charge is 2.27. The molecule has 0 atom stereocenters. The summed E-state index contributed by atoms with van der Waals surface area (Å²) in [5, 5.41) is 3.03. The molecule has 28 heavy (non-hydrogen) atoms. The van der Waals surface area contributed by atoms with E-state index in [4.69, 9.17) is 15.2 Å². The molecule has 148 valence electrons. The molecule has 8 nitrogen and oxygen atoms in total. The molecule has 0 spiro atoms. The first-order valence-electron chi connectivity index (χ1n) is 9.61. The number of nitrogens with zero attached hydrogens (tertiary/aromatic N) is 3. The molecule has 2 fully saturated rings. The Bertz CT molecular complexity index is 847. The van der Waals surface area contributed by atoms with Crippen molar-refractivity contribution in [2.24, 2.45) is 0 Å². The molecule has 0 unspecified atom stereocenters. The van der Waals surface area contributed by atoms with E-state index in [9.17, 15) is 4.79 Å². The molecule has 2 heterocycles. The smallest absolute Gasteiger partial charge is 0.255 e. The van der Waals surface area contributed by atoms with Crippen molar-refractivity contribution >= 4 is 17.7 Å². The minimum atomic E-state index is -0.0888. The van der Waals surface area contributed by atoms with E-state index in [-0.39, 0.29) is 18.0 Å². The van der Waals surface area contributed by atoms with Crippen molar-refractivity contribution in [3.63, 3.8) is 0 Å². The van der Waals surface area contributed by atoms with Gasteiger partial charge in [-0.1, -0.05) is 0 Å². The number of nitrogen functional groups attached to an aromatic ring is 1. The van der Waals surface area contributed by atoms with E-state index in [0.29, 0.717) is 23.1 Å². The average molecular weight is 383 g/mol. The van der Waals surface area contributed by atoms with Crippen LogP contribution in [0.3, 0.4) is 0 Å². The molecular weight excluding hydrogens is 358 g/mol. The number of anilines is 2. The lowest BCUT2D eigenvalue weighted by Crippen LogP contribution is -2.39. The van der Waals surface area contributed by atoms with Gasteiger partial charge in [-0.15, -0.1) is 0 Å². The van der Waals surface area contributed by atoms with Crippen LogP contribution in [0.15, 0.2) is 30.5 Å². The highest BCUT2D eigenvalue weighted by Crippen LogP contribution is 2.29. The molecule has 0 radical (unpaired) electrons. The van der Waals surface area contributed by atoms with E-state index >= 15 is 0 Å². The predicted octanol–water partition coefficient (Wildman–Crippen LogP) is 2.01. The Morgan fingerprint density at radius 3 is 2.68 bits per heavy atom. The van der Waals surface area contributed by atoms with Crippen molar-refractivity contribution < 1.29 is 14.3 Å². The van der Waals surface area contributed by atoms with Gasteiger partial charge in [0.2, 0.25) is 5.95 Å². The second kappa shape index (κ2) is 7.92. The maximum atomic E-state index is 12.6. The number of amides is 1. The van der Waals surface area contributed by atoms with Crippen LogP contribution in [0.2, 0.25) is 0 Å². The fourth-order valence-electron chi connectivity index (χ4n) is 3.33. The average Bonchev–Trinajstić information content (AvgIpc) is 3.52. The molecule has 3 N–H and O–H groups in total. The van der Waals surface area contributed by atoms with Crippen LogP contribution in [0.1, 0.15) is 36.0 Å². The summed E-state index contributed by atoms with van der Waals surface area (Å²) >= 11 is 0. The number of rotatable bonds is 6. The normalized spacial score (nSPS) is 17.2. The van der Waals surface area contributed by atoms with Gasteiger partial charge in [-0.05, 0) is 31.0 Å². The van der Waals surface area contributed by atoms with Crippen LogP contribution in [0.4, 0.5) is 11.8 Å². The van der Waals surface area contributed by atoms with Crippen LogP contribution in [-0.4, -0.2) is 48.2 Å². The third kappa shape index (κ3) is 4.27. The van der Waals surface area contributed by atoms with Gasteiger partial charge in [0.05, 0.1) is 12.7 Å². The van der Waals surface area contributed by atoms with Gasteiger partial charge >= 0.3 is 0 Å². The van der Waals surface area contributed by atoms with Crippen molar-refractivity contribution in [3.8, 4) is 11.5 Å². The second-order valence-corrected chi connectivity index (χ2v) is 7.19. The molecule has 8 heteroatoms. The third-order valence-electron chi connectivity index (χ3n) is 5.07. The lowest BCUT2D eigenvalue weighted by atomic mass is 10.1. The molecule has 1 aliphatic carbocycles. The van der Waals surface area contributed by atoms with Crippen LogP contribution in [0.5, 0.6) is 11.5 Å². The Hall–Kier alpha value is -3.03. The van der Waals surface area contributed by atoms with Gasteiger partial charge in [-0.3, -0.25) is 4.79 Å². The maximum Gasteiger partial charge on any atom is 0.255 e. The largest absolute Gasteiger partial charge is 0.497 e. The number of carbonyl (C=O) groups is 1. The van der Waals surface area contributed by atoms with Crippen LogP contribution < -0.4 is 25.4 Å². The summed E-state index contributed by atoms with van der Waals surface area (Å²) in [7, 11) is 1.61.